The third-order valence-corrected chi connectivity index (χ3v) is 5.51. The molecule has 0 unspecified atom stereocenters. The van der Waals surface area contributed by atoms with Crippen molar-refractivity contribution < 1.29 is 31.8 Å². The maximum atomic E-state index is 14.6. The van der Waals surface area contributed by atoms with E-state index in [2.05, 4.69) is 10.1 Å². The number of anilines is 1. The lowest BCUT2D eigenvalue weighted by Crippen LogP contribution is -2.37. The predicted octanol–water partition coefficient (Wildman–Crippen LogP) is 4.25. The Labute approximate surface area is 173 Å². The molecule has 1 aliphatic rings. The van der Waals surface area contributed by atoms with Crippen LogP contribution in [-0.2, 0) is 18.0 Å². The molecule has 1 saturated heterocycles. The summed E-state index contributed by atoms with van der Waals surface area (Å²) in [5.41, 5.74) is -2.31. The summed E-state index contributed by atoms with van der Waals surface area (Å²) in [5, 5.41) is 14.0. The summed E-state index contributed by atoms with van der Waals surface area (Å²) in [6.45, 7) is 1.28. The molecule has 0 amide bonds. The smallest absolute Gasteiger partial charge is 0.419 e. The molecule has 0 atom stereocenters. The molecule has 1 aliphatic heterocycles. The number of pyridine rings is 1. The van der Waals surface area contributed by atoms with Crippen LogP contribution in [0.3, 0.4) is 0 Å². The normalized spacial score (nSPS) is 15.6. The number of rotatable bonds is 3. The molecule has 166 valence electrons. The van der Waals surface area contributed by atoms with Gasteiger partial charge in [0, 0.05) is 44.3 Å². The number of alkyl halides is 3. The zero-order chi connectivity index (χ0) is 22.5. The van der Waals surface area contributed by atoms with E-state index in [1.54, 1.807) is 12.1 Å². The Kier molecular flexibility index (Phi) is 5.24. The Hall–Kier alpha value is -2.95. The largest absolute Gasteiger partial charge is 0.503 e. The summed E-state index contributed by atoms with van der Waals surface area (Å²) >= 11 is 0. The standard InChI is InChI=1S/C20H19F5N4O2/c1-28(10-5-7-31-8-6-10)14-4-3-11-17(27-29(2)19(11)26-14)12-9-13(20(23,24)25)16(22)18(30)15(12)21/h3-4,9-10,30H,5-8H2,1-2H3. The summed E-state index contributed by atoms with van der Waals surface area (Å²) in [6.07, 6.45) is -3.47. The Morgan fingerprint density at radius 1 is 1.16 bits per heavy atom. The van der Waals surface area contributed by atoms with Crippen molar-refractivity contribution >= 4 is 16.9 Å². The highest BCUT2D eigenvalue weighted by atomic mass is 19.4. The van der Waals surface area contributed by atoms with Crippen LogP contribution in [0.15, 0.2) is 18.2 Å². The second-order valence-electron chi connectivity index (χ2n) is 7.41. The molecular formula is C20H19F5N4O2. The van der Waals surface area contributed by atoms with Crippen LogP contribution in [0.25, 0.3) is 22.3 Å². The Bertz CT molecular complexity index is 1140. The number of nitrogens with zero attached hydrogens (tertiary/aromatic N) is 4. The first kappa shape index (κ1) is 21.3. The van der Waals surface area contributed by atoms with Crippen LogP contribution in [0.4, 0.5) is 27.8 Å². The van der Waals surface area contributed by atoms with E-state index in [4.69, 9.17) is 4.74 Å². The van der Waals surface area contributed by atoms with Crippen molar-refractivity contribution in [1.82, 2.24) is 14.8 Å². The molecule has 1 fully saturated rings. The molecule has 31 heavy (non-hydrogen) atoms. The molecule has 0 bridgehead atoms. The zero-order valence-corrected chi connectivity index (χ0v) is 16.7. The summed E-state index contributed by atoms with van der Waals surface area (Å²) in [4.78, 5) is 6.53. The fourth-order valence-electron chi connectivity index (χ4n) is 3.78. The second kappa shape index (κ2) is 7.63. The number of hydrogen-bond acceptors (Lipinski definition) is 5. The van der Waals surface area contributed by atoms with Gasteiger partial charge >= 0.3 is 6.18 Å². The predicted molar refractivity (Wildman–Crippen MR) is 103 cm³/mol. The first-order valence-electron chi connectivity index (χ1n) is 9.52. The van der Waals surface area contributed by atoms with Crippen molar-refractivity contribution in [2.45, 2.75) is 25.1 Å². The number of aromatic hydroxyl groups is 1. The van der Waals surface area contributed by atoms with E-state index in [9.17, 15) is 27.1 Å². The van der Waals surface area contributed by atoms with Gasteiger partial charge in [-0.15, -0.1) is 0 Å². The number of hydrogen-bond donors (Lipinski definition) is 1. The molecule has 1 aromatic carbocycles. The van der Waals surface area contributed by atoms with Crippen molar-refractivity contribution in [3.05, 3.63) is 35.4 Å². The number of phenols is 1. The maximum absolute atomic E-state index is 14.6. The molecule has 3 heterocycles. The minimum atomic E-state index is -5.12. The van der Waals surface area contributed by atoms with Gasteiger partial charge in [0.05, 0.1) is 5.56 Å². The van der Waals surface area contributed by atoms with Gasteiger partial charge in [0.1, 0.15) is 11.5 Å². The summed E-state index contributed by atoms with van der Waals surface area (Å²) in [6, 6.07) is 3.76. The first-order chi connectivity index (χ1) is 14.6. The highest BCUT2D eigenvalue weighted by Crippen LogP contribution is 2.41. The number of ether oxygens (including phenoxy) is 1. The van der Waals surface area contributed by atoms with Gasteiger partial charge in [-0.3, -0.25) is 0 Å². The Morgan fingerprint density at radius 3 is 2.48 bits per heavy atom. The second-order valence-corrected chi connectivity index (χ2v) is 7.41. The molecule has 4 rings (SSSR count). The summed E-state index contributed by atoms with van der Waals surface area (Å²) in [7, 11) is 3.40. The van der Waals surface area contributed by atoms with E-state index in [0.29, 0.717) is 30.7 Å². The van der Waals surface area contributed by atoms with Crippen LogP contribution in [0.1, 0.15) is 18.4 Å². The zero-order valence-electron chi connectivity index (χ0n) is 16.7. The van der Waals surface area contributed by atoms with Crippen molar-refractivity contribution in [2.75, 3.05) is 25.2 Å². The van der Waals surface area contributed by atoms with E-state index in [1.807, 2.05) is 11.9 Å². The fraction of sp³-hybridized carbons (Fsp3) is 0.400. The molecule has 3 aromatic rings. The molecule has 2 aromatic heterocycles. The molecule has 0 aliphatic carbocycles. The van der Waals surface area contributed by atoms with Crippen LogP contribution < -0.4 is 4.90 Å². The Balaban J connectivity index is 1.82. The van der Waals surface area contributed by atoms with Crippen molar-refractivity contribution in [3.63, 3.8) is 0 Å². The van der Waals surface area contributed by atoms with Crippen LogP contribution in [0, 0.1) is 11.6 Å². The monoisotopic (exact) mass is 442 g/mol. The van der Waals surface area contributed by atoms with Crippen molar-refractivity contribution in [3.8, 4) is 17.0 Å². The summed E-state index contributed by atoms with van der Waals surface area (Å²) < 4.78 is 74.6. The van der Waals surface area contributed by atoms with Gasteiger partial charge < -0.3 is 14.7 Å². The number of fused-ring (bicyclic) bond motifs is 1. The highest BCUT2D eigenvalue weighted by Gasteiger charge is 2.38. The quantitative estimate of drug-likeness (QED) is 0.615. The van der Waals surface area contributed by atoms with Gasteiger partial charge in [0.2, 0.25) is 0 Å². The van der Waals surface area contributed by atoms with E-state index in [1.165, 1.54) is 11.7 Å². The van der Waals surface area contributed by atoms with Gasteiger partial charge in [-0.05, 0) is 31.0 Å². The van der Waals surface area contributed by atoms with Crippen LogP contribution in [0.2, 0.25) is 0 Å². The third kappa shape index (κ3) is 3.67. The molecular weight excluding hydrogens is 423 g/mol. The van der Waals surface area contributed by atoms with Gasteiger partial charge in [-0.25, -0.2) is 18.4 Å². The third-order valence-electron chi connectivity index (χ3n) is 5.51. The maximum Gasteiger partial charge on any atom is 0.419 e. The highest BCUT2D eigenvalue weighted by molar-refractivity contribution is 5.92. The van der Waals surface area contributed by atoms with Crippen molar-refractivity contribution in [2.24, 2.45) is 7.05 Å². The molecule has 0 radical (unpaired) electrons. The average Bonchev–Trinajstić information content (AvgIpc) is 3.07. The van der Waals surface area contributed by atoms with E-state index in [-0.39, 0.29) is 17.1 Å². The van der Waals surface area contributed by atoms with Crippen LogP contribution in [-0.4, -0.2) is 46.2 Å². The number of phenolic OH excluding ortho intramolecular Hbond substituents is 1. The molecule has 0 saturated carbocycles. The van der Waals surface area contributed by atoms with E-state index in [0.717, 1.165) is 12.8 Å². The summed E-state index contributed by atoms with van der Waals surface area (Å²) in [5.74, 6) is -4.67. The van der Waals surface area contributed by atoms with Gasteiger partial charge in [0.15, 0.2) is 23.0 Å². The topological polar surface area (TPSA) is 63.4 Å². The minimum absolute atomic E-state index is 0.177. The number of halogens is 5. The van der Waals surface area contributed by atoms with Gasteiger partial charge in [0.25, 0.3) is 0 Å². The fourth-order valence-corrected chi connectivity index (χ4v) is 3.78. The molecule has 0 spiro atoms. The van der Waals surface area contributed by atoms with Crippen molar-refractivity contribution in [1.29, 1.82) is 0 Å². The van der Waals surface area contributed by atoms with Gasteiger partial charge in [-0.2, -0.15) is 18.3 Å². The number of aryl methyl sites for hydroxylation is 1. The van der Waals surface area contributed by atoms with E-state index >= 15 is 0 Å². The lowest BCUT2D eigenvalue weighted by molar-refractivity contribution is -0.140. The SMILES string of the molecule is CN(c1ccc2c(-c3cc(C(F)(F)F)c(F)c(O)c3F)nn(C)c2n1)C1CCOCC1. The Morgan fingerprint density at radius 2 is 1.84 bits per heavy atom. The van der Waals surface area contributed by atoms with Gasteiger partial charge in [-0.1, -0.05) is 0 Å². The molecule has 11 heteroatoms. The van der Waals surface area contributed by atoms with Crippen LogP contribution >= 0.6 is 0 Å². The lowest BCUT2D eigenvalue weighted by Gasteiger charge is -2.32. The first-order valence-corrected chi connectivity index (χ1v) is 9.52. The number of aromatic nitrogens is 3. The molecule has 1 N–H and O–H groups in total. The molecule has 6 nitrogen and oxygen atoms in total. The van der Waals surface area contributed by atoms with E-state index < -0.39 is 34.7 Å². The lowest BCUT2D eigenvalue weighted by atomic mass is 10.0. The average molecular weight is 442 g/mol. The minimum Gasteiger partial charge on any atom is -0.503 e. The number of benzene rings is 1. The van der Waals surface area contributed by atoms with Crippen LogP contribution in [0.5, 0.6) is 5.75 Å².